The predicted molar refractivity (Wildman–Crippen MR) is 141 cm³/mol. The molecule has 0 aromatic heterocycles. The van der Waals surface area contributed by atoms with E-state index in [1.54, 1.807) is 0 Å². The highest BCUT2D eigenvalue weighted by molar-refractivity contribution is 6.74. The van der Waals surface area contributed by atoms with E-state index in [4.69, 9.17) is 9.16 Å². The van der Waals surface area contributed by atoms with E-state index in [2.05, 4.69) is 58.3 Å². The number of hydrogen-bond donors (Lipinski definition) is 3. The summed E-state index contributed by atoms with van der Waals surface area (Å²) in [7, 11) is -2.38. The van der Waals surface area contributed by atoms with Crippen LogP contribution in [0.4, 0.5) is 4.79 Å². The van der Waals surface area contributed by atoms with Gasteiger partial charge in [-0.25, -0.2) is 4.79 Å². The van der Waals surface area contributed by atoms with Crippen LogP contribution in [-0.4, -0.2) is 55.2 Å². The van der Waals surface area contributed by atoms with Gasteiger partial charge in [0.2, 0.25) is 5.91 Å². The van der Waals surface area contributed by atoms with Gasteiger partial charge in [-0.15, -0.1) is 0 Å². The third-order valence-electron chi connectivity index (χ3n) is 7.60. The quantitative estimate of drug-likeness (QED) is 0.322. The van der Waals surface area contributed by atoms with Crippen molar-refractivity contribution in [3.63, 3.8) is 0 Å². The summed E-state index contributed by atoms with van der Waals surface area (Å²) in [6.45, 7) is 21.8. The first-order valence-electron chi connectivity index (χ1n) is 13.0. The van der Waals surface area contributed by atoms with Crippen LogP contribution in [-0.2, 0) is 18.8 Å². The lowest BCUT2D eigenvalue weighted by Crippen LogP contribution is -2.65. The molecular weight excluding hydrogens is 464 g/mol. The summed E-state index contributed by atoms with van der Waals surface area (Å²) in [5.74, 6) is -1.90. The molecule has 0 radical (unpaired) electrons. The minimum Gasteiger partial charge on any atom is -0.481 e. The fourth-order valence-electron chi connectivity index (χ4n) is 4.47. The fraction of sp³-hybridized carbons (Fsp3) is 0.885. The summed E-state index contributed by atoms with van der Waals surface area (Å²) in [6.07, 6.45) is 1.73. The zero-order valence-electron chi connectivity index (χ0n) is 23.8. The summed E-state index contributed by atoms with van der Waals surface area (Å²) in [6, 6.07) is -0.778. The van der Waals surface area contributed by atoms with Gasteiger partial charge in [0.1, 0.15) is 5.60 Å². The number of rotatable bonds is 11. The van der Waals surface area contributed by atoms with Gasteiger partial charge in [-0.2, -0.15) is 0 Å². The first-order valence-corrected chi connectivity index (χ1v) is 15.9. The number of hydrogen-bond acceptors (Lipinski definition) is 5. The lowest BCUT2D eigenvalue weighted by molar-refractivity contribution is -0.155. The number of alkyl carbamates (subject to hydrolysis) is 1. The second kappa shape index (κ2) is 12.1. The fourth-order valence-corrected chi connectivity index (χ4v) is 5.83. The standard InChI is InChI=1S/C26H50N2O6Si/c1-12-17(13-2)14-20(28-24(32)33-25(4,5)6)22(34-35(10,11)26(7,8)9)21-18(23(30)31)15-19(21)27-16(3)29/h17-22H,12-15H2,1-11H3,(H,27,29)(H,28,32)(H,30,31)/t18-,19-,20?,21+,22?/m1/s1. The normalized spacial score (nSPS) is 22.7. The van der Waals surface area contributed by atoms with Gasteiger partial charge >= 0.3 is 12.1 Å². The number of aliphatic carboxylic acids is 1. The van der Waals surface area contributed by atoms with E-state index in [-0.39, 0.29) is 17.0 Å². The SMILES string of the molecule is CCC(CC)CC(NC(=O)OC(C)(C)C)C(O[Si](C)(C)C(C)(C)C)[C@@H]1[C@H](NC(C)=O)C[C@H]1C(=O)O. The summed E-state index contributed by atoms with van der Waals surface area (Å²) >= 11 is 0. The Morgan fingerprint density at radius 3 is 2.00 bits per heavy atom. The van der Waals surface area contributed by atoms with Crippen LogP contribution in [0.1, 0.15) is 88.0 Å². The summed E-state index contributed by atoms with van der Waals surface area (Å²) in [4.78, 5) is 37.1. The lowest BCUT2D eigenvalue weighted by Gasteiger charge is -2.52. The van der Waals surface area contributed by atoms with E-state index in [0.29, 0.717) is 18.8 Å². The molecule has 1 saturated carbocycles. The molecule has 2 amide bonds. The van der Waals surface area contributed by atoms with Gasteiger partial charge in [0.25, 0.3) is 0 Å². The number of carboxylic acids is 1. The first kappa shape index (κ1) is 31.4. The zero-order chi connectivity index (χ0) is 27.4. The molecule has 0 aliphatic heterocycles. The van der Waals surface area contributed by atoms with Gasteiger partial charge in [-0.1, -0.05) is 47.5 Å². The molecule has 1 aliphatic rings. The molecule has 35 heavy (non-hydrogen) atoms. The maximum atomic E-state index is 12.9. The van der Waals surface area contributed by atoms with Gasteiger partial charge in [-0.05, 0) is 57.7 Å². The Labute approximate surface area is 213 Å². The topological polar surface area (TPSA) is 114 Å². The van der Waals surface area contributed by atoms with Crippen molar-refractivity contribution in [2.75, 3.05) is 0 Å². The Morgan fingerprint density at radius 1 is 1.06 bits per heavy atom. The molecule has 0 aromatic rings. The van der Waals surface area contributed by atoms with E-state index in [1.807, 2.05) is 20.8 Å². The second-order valence-electron chi connectivity index (χ2n) is 12.6. The van der Waals surface area contributed by atoms with E-state index >= 15 is 0 Å². The monoisotopic (exact) mass is 514 g/mol. The Kier molecular flexibility index (Phi) is 10.8. The van der Waals surface area contributed by atoms with Gasteiger partial charge in [0.15, 0.2) is 8.32 Å². The van der Waals surface area contributed by atoms with Gasteiger partial charge < -0.3 is 24.9 Å². The Hall–Kier alpha value is -1.61. The van der Waals surface area contributed by atoms with E-state index in [0.717, 1.165) is 12.8 Å². The smallest absolute Gasteiger partial charge is 0.407 e. The average Bonchev–Trinajstić information content (AvgIpc) is 2.64. The van der Waals surface area contributed by atoms with Gasteiger partial charge in [0, 0.05) is 18.9 Å². The van der Waals surface area contributed by atoms with Crippen molar-refractivity contribution < 1.29 is 28.7 Å². The third kappa shape index (κ3) is 9.08. The van der Waals surface area contributed by atoms with Crippen molar-refractivity contribution in [1.29, 1.82) is 0 Å². The molecule has 0 bridgehead atoms. The molecule has 1 rings (SSSR count). The first-order chi connectivity index (χ1) is 15.8. The highest BCUT2D eigenvalue weighted by Crippen LogP contribution is 2.45. The van der Waals surface area contributed by atoms with Crippen LogP contribution in [0, 0.1) is 17.8 Å². The number of amides is 2. The molecule has 0 heterocycles. The van der Waals surface area contributed by atoms with Crippen molar-refractivity contribution in [2.24, 2.45) is 17.8 Å². The van der Waals surface area contributed by atoms with Crippen molar-refractivity contribution >= 4 is 26.3 Å². The second-order valence-corrected chi connectivity index (χ2v) is 17.3. The maximum absolute atomic E-state index is 12.9. The average molecular weight is 515 g/mol. The molecule has 2 unspecified atom stereocenters. The highest BCUT2D eigenvalue weighted by Gasteiger charge is 2.55. The molecule has 0 saturated heterocycles. The van der Waals surface area contributed by atoms with Gasteiger partial charge in [0.05, 0.1) is 18.1 Å². The number of carboxylic acid groups (broad SMARTS) is 1. The van der Waals surface area contributed by atoms with Gasteiger partial charge in [-0.3, -0.25) is 9.59 Å². The molecule has 1 aliphatic carbocycles. The molecule has 204 valence electrons. The summed E-state index contributed by atoms with van der Waals surface area (Å²) in [5, 5.41) is 15.9. The van der Waals surface area contributed by atoms with E-state index in [1.165, 1.54) is 6.92 Å². The number of ether oxygens (including phenoxy) is 1. The molecule has 0 aromatic carbocycles. The number of nitrogens with one attached hydrogen (secondary N) is 2. The molecule has 8 nitrogen and oxygen atoms in total. The molecule has 5 atom stereocenters. The van der Waals surface area contributed by atoms with Crippen molar-refractivity contribution in [1.82, 2.24) is 10.6 Å². The third-order valence-corrected chi connectivity index (χ3v) is 12.1. The van der Waals surface area contributed by atoms with Crippen LogP contribution in [0.2, 0.25) is 18.1 Å². The van der Waals surface area contributed by atoms with Crippen molar-refractivity contribution in [3.8, 4) is 0 Å². The Morgan fingerprint density at radius 2 is 1.60 bits per heavy atom. The predicted octanol–water partition coefficient (Wildman–Crippen LogP) is 5.32. The van der Waals surface area contributed by atoms with Crippen LogP contribution in [0.5, 0.6) is 0 Å². The Bertz CT molecular complexity index is 739. The molecule has 9 heteroatoms. The summed E-state index contributed by atoms with van der Waals surface area (Å²) < 4.78 is 12.5. The van der Waals surface area contributed by atoms with E-state index < -0.39 is 50.0 Å². The van der Waals surface area contributed by atoms with E-state index in [9.17, 15) is 19.5 Å². The maximum Gasteiger partial charge on any atom is 0.407 e. The van der Waals surface area contributed by atoms with Crippen LogP contribution in [0.3, 0.4) is 0 Å². The van der Waals surface area contributed by atoms with Crippen LogP contribution in [0.15, 0.2) is 0 Å². The number of carbonyl (C=O) groups is 3. The highest BCUT2D eigenvalue weighted by atomic mass is 28.4. The minimum atomic E-state index is -2.38. The molecule has 3 N–H and O–H groups in total. The largest absolute Gasteiger partial charge is 0.481 e. The molecule has 0 spiro atoms. The van der Waals surface area contributed by atoms with Crippen LogP contribution < -0.4 is 10.6 Å². The van der Waals surface area contributed by atoms with Crippen molar-refractivity contribution in [2.45, 2.75) is 130 Å². The zero-order valence-corrected chi connectivity index (χ0v) is 24.8. The van der Waals surface area contributed by atoms with Crippen LogP contribution >= 0.6 is 0 Å². The Balaban J connectivity index is 3.54. The van der Waals surface area contributed by atoms with Crippen molar-refractivity contribution in [3.05, 3.63) is 0 Å². The minimum absolute atomic E-state index is 0.122. The number of carbonyl (C=O) groups excluding carboxylic acids is 2. The molecule has 1 fully saturated rings. The molecular formula is C26H50N2O6Si. The summed E-state index contributed by atoms with van der Waals surface area (Å²) in [5.41, 5.74) is -0.669. The lowest BCUT2D eigenvalue weighted by atomic mass is 9.64. The van der Waals surface area contributed by atoms with Crippen LogP contribution in [0.25, 0.3) is 0 Å².